The second kappa shape index (κ2) is 5.07. The molecule has 92 valence electrons. The highest BCUT2D eigenvalue weighted by atomic mass is 35.5. The Morgan fingerprint density at radius 1 is 1.53 bits per heavy atom. The van der Waals surface area contributed by atoms with Crippen molar-refractivity contribution in [3.63, 3.8) is 0 Å². The first-order valence-corrected chi connectivity index (χ1v) is 6.26. The third-order valence-corrected chi connectivity index (χ3v) is 3.51. The molecule has 1 saturated heterocycles. The average molecular weight is 253 g/mol. The standard InChI is InChI=1S/C13H17ClN2O/c1-8-3-4-10(14)7-11(8)16-13(17)12-9(2)5-6-15-12/h3-4,7,9,12,15H,5-6H2,1-2H3,(H,16,17). The number of nitrogens with one attached hydrogen (secondary N) is 2. The van der Waals surface area contributed by atoms with Gasteiger partial charge in [0.05, 0.1) is 6.04 Å². The second-order valence-electron chi connectivity index (χ2n) is 4.65. The number of hydrogen-bond donors (Lipinski definition) is 2. The third kappa shape index (κ3) is 2.79. The van der Waals surface area contributed by atoms with Crippen molar-refractivity contribution < 1.29 is 4.79 Å². The number of anilines is 1. The first-order chi connectivity index (χ1) is 8.08. The zero-order valence-corrected chi connectivity index (χ0v) is 10.8. The quantitative estimate of drug-likeness (QED) is 0.850. The molecule has 0 spiro atoms. The molecule has 1 aliphatic rings. The molecule has 0 aliphatic carbocycles. The molecule has 0 aromatic heterocycles. The lowest BCUT2D eigenvalue weighted by molar-refractivity contribution is -0.118. The first kappa shape index (κ1) is 12.4. The van der Waals surface area contributed by atoms with Gasteiger partial charge in [-0.2, -0.15) is 0 Å². The second-order valence-corrected chi connectivity index (χ2v) is 5.08. The van der Waals surface area contributed by atoms with E-state index in [1.807, 2.05) is 19.1 Å². The number of carbonyl (C=O) groups excluding carboxylic acids is 1. The van der Waals surface area contributed by atoms with Gasteiger partial charge in [0.25, 0.3) is 0 Å². The van der Waals surface area contributed by atoms with E-state index in [-0.39, 0.29) is 11.9 Å². The maximum Gasteiger partial charge on any atom is 0.241 e. The van der Waals surface area contributed by atoms with E-state index in [1.54, 1.807) is 6.07 Å². The summed E-state index contributed by atoms with van der Waals surface area (Å²) in [6.45, 7) is 4.96. The lowest BCUT2D eigenvalue weighted by atomic mass is 10.0. The van der Waals surface area contributed by atoms with E-state index < -0.39 is 0 Å². The number of carbonyl (C=O) groups is 1. The number of amides is 1. The molecule has 4 heteroatoms. The van der Waals surface area contributed by atoms with E-state index in [0.717, 1.165) is 24.2 Å². The first-order valence-electron chi connectivity index (χ1n) is 5.88. The van der Waals surface area contributed by atoms with Gasteiger partial charge < -0.3 is 10.6 Å². The molecule has 1 aromatic carbocycles. The van der Waals surface area contributed by atoms with Crippen molar-refractivity contribution in [2.45, 2.75) is 26.3 Å². The van der Waals surface area contributed by atoms with E-state index in [2.05, 4.69) is 17.6 Å². The minimum atomic E-state index is -0.0895. The van der Waals surface area contributed by atoms with Gasteiger partial charge >= 0.3 is 0 Å². The predicted molar refractivity (Wildman–Crippen MR) is 70.4 cm³/mol. The van der Waals surface area contributed by atoms with Crippen molar-refractivity contribution in [3.05, 3.63) is 28.8 Å². The topological polar surface area (TPSA) is 41.1 Å². The maximum absolute atomic E-state index is 12.1. The van der Waals surface area contributed by atoms with E-state index >= 15 is 0 Å². The summed E-state index contributed by atoms with van der Waals surface area (Å²) < 4.78 is 0. The highest BCUT2D eigenvalue weighted by Crippen LogP contribution is 2.22. The highest BCUT2D eigenvalue weighted by Gasteiger charge is 2.29. The summed E-state index contributed by atoms with van der Waals surface area (Å²) in [5.41, 5.74) is 1.82. The molecule has 1 heterocycles. The number of halogens is 1. The molecule has 2 atom stereocenters. The van der Waals surface area contributed by atoms with Crippen LogP contribution in [-0.4, -0.2) is 18.5 Å². The van der Waals surface area contributed by atoms with Gasteiger partial charge in [0, 0.05) is 10.7 Å². The fourth-order valence-electron chi connectivity index (χ4n) is 2.12. The van der Waals surface area contributed by atoms with Crippen molar-refractivity contribution in [1.29, 1.82) is 0 Å². The zero-order valence-electron chi connectivity index (χ0n) is 10.1. The molecule has 0 saturated carbocycles. The van der Waals surface area contributed by atoms with Gasteiger partial charge in [-0.05, 0) is 43.5 Å². The molecule has 1 amide bonds. The summed E-state index contributed by atoms with van der Waals surface area (Å²) in [5, 5.41) is 6.79. The van der Waals surface area contributed by atoms with Gasteiger partial charge in [0.1, 0.15) is 0 Å². The Labute approximate surface area is 107 Å². The third-order valence-electron chi connectivity index (χ3n) is 3.27. The van der Waals surface area contributed by atoms with Gasteiger partial charge in [-0.3, -0.25) is 4.79 Å². The van der Waals surface area contributed by atoms with Crippen molar-refractivity contribution in [1.82, 2.24) is 5.32 Å². The Hall–Kier alpha value is -1.06. The van der Waals surface area contributed by atoms with Crippen LogP contribution < -0.4 is 10.6 Å². The fourth-order valence-corrected chi connectivity index (χ4v) is 2.30. The van der Waals surface area contributed by atoms with Gasteiger partial charge in [0.15, 0.2) is 0 Å². The van der Waals surface area contributed by atoms with Crippen LogP contribution >= 0.6 is 11.6 Å². The van der Waals surface area contributed by atoms with Gasteiger partial charge in [-0.1, -0.05) is 24.6 Å². The molecule has 2 unspecified atom stereocenters. The Kier molecular flexibility index (Phi) is 3.69. The van der Waals surface area contributed by atoms with Crippen molar-refractivity contribution >= 4 is 23.2 Å². The van der Waals surface area contributed by atoms with E-state index in [0.29, 0.717) is 10.9 Å². The number of hydrogen-bond acceptors (Lipinski definition) is 2. The molecule has 0 bridgehead atoms. The van der Waals surface area contributed by atoms with Crippen molar-refractivity contribution in [3.8, 4) is 0 Å². The van der Waals surface area contributed by atoms with Crippen LogP contribution in [0.1, 0.15) is 18.9 Å². The summed E-state index contributed by atoms with van der Waals surface area (Å²) in [6, 6.07) is 5.43. The van der Waals surface area contributed by atoms with Crippen LogP contribution in [0.4, 0.5) is 5.69 Å². The van der Waals surface area contributed by atoms with Crippen LogP contribution in [0, 0.1) is 12.8 Å². The van der Waals surface area contributed by atoms with E-state index in [1.165, 1.54) is 0 Å². The van der Waals surface area contributed by atoms with E-state index in [9.17, 15) is 4.79 Å². The molecule has 1 aliphatic heterocycles. The fraction of sp³-hybridized carbons (Fsp3) is 0.462. The summed E-state index contributed by atoms with van der Waals surface area (Å²) in [4.78, 5) is 12.1. The lowest BCUT2D eigenvalue weighted by Crippen LogP contribution is -2.39. The van der Waals surface area contributed by atoms with Crippen LogP contribution in [0.15, 0.2) is 18.2 Å². The van der Waals surface area contributed by atoms with Gasteiger partial charge in [-0.25, -0.2) is 0 Å². The minimum Gasteiger partial charge on any atom is -0.324 e. The van der Waals surface area contributed by atoms with Crippen LogP contribution in [0.5, 0.6) is 0 Å². The molecule has 2 rings (SSSR count). The normalized spacial score (nSPS) is 23.7. The largest absolute Gasteiger partial charge is 0.324 e. The average Bonchev–Trinajstić information content (AvgIpc) is 2.70. The van der Waals surface area contributed by atoms with Crippen molar-refractivity contribution in [2.24, 2.45) is 5.92 Å². The Bertz CT molecular complexity index is 433. The molecule has 3 nitrogen and oxygen atoms in total. The van der Waals surface area contributed by atoms with Crippen LogP contribution in [-0.2, 0) is 4.79 Å². The molecule has 2 N–H and O–H groups in total. The predicted octanol–water partition coefficient (Wildman–Crippen LogP) is 2.58. The molecule has 1 aromatic rings. The molecular weight excluding hydrogens is 236 g/mol. The van der Waals surface area contributed by atoms with E-state index in [4.69, 9.17) is 11.6 Å². The monoisotopic (exact) mass is 252 g/mol. The molecular formula is C13H17ClN2O. The van der Waals surface area contributed by atoms with Crippen LogP contribution in [0.3, 0.4) is 0 Å². The SMILES string of the molecule is Cc1ccc(Cl)cc1NC(=O)C1NCCC1C. The van der Waals surface area contributed by atoms with Crippen molar-refractivity contribution in [2.75, 3.05) is 11.9 Å². The maximum atomic E-state index is 12.1. The smallest absolute Gasteiger partial charge is 0.241 e. The Morgan fingerprint density at radius 3 is 2.94 bits per heavy atom. The lowest BCUT2D eigenvalue weighted by Gasteiger charge is -2.16. The van der Waals surface area contributed by atoms with Crippen LogP contribution in [0.2, 0.25) is 5.02 Å². The summed E-state index contributed by atoms with van der Waals surface area (Å²) in [7, 11) is 0. The molecule has 17 heavy (non-hydrogen) atoms. The molecule has 1 fully saturated rings. The number of benzene rings is 1. The zero-order chi connectivity index (χ0) is 12.4. The summed E-state index contributed by atoms with van der Waals surface area (Å²) in [6.07, 6.45) is 1.05. The summed E-state index contributed by atoms with van der Waals surface area (Å²) >= 11 is 5.92. The number of aryl methyl sites for hydroxylation is 1. The van der Waals surface area contributed by atoms with Gasteiger partial charge in [-0.15, -0.1) is 0 Å². The molecule has 0 radical (unpaired) electrons. The Balaban J connectivity index is 2.10. The highest BCUT2D eigenvalue weighted by molar-refractivity contribution is 6.31. The van der Waals surface area contributed by atoms with Gasteiger partial charge in [0.2, 0.25) is 5.91 Å². The summed E-state index contributed by atoms with van der Waals surface area (Å²) in [5.74, 6) is 0.412. The van der Waals surface area contributed by atoms with Crippen LogP contribution in [0.25, 0.3) is 0 Å². The Morgan fingerprint density at radius 2 is 2.29 bits per heavy atom. The number of rotatable bonds is 2. The minimum absolute atomic E-state index is 0.0281.